The van der Waals surface area contributed by atoms with Gasteiger partial charge >= 0.3 is 0 Å². The topological polar surface area (TPSA) is 81.4 Å². The average Bonchev–Trinajstić information content (AvgIpc) is 2.70. The fourth-order valence-electron chi connectivity index (χ4n) is 3.88. The number of benzene rings is 2. The predicted molar refractivity (Wildman–Crippen MR) is 125 cm³/mol. The van der Waals surface area contributed by atoms with Crippen molar-refractivity contribution in [3.63, 3.8) is 0 Å². The van der Waals surface area contributed by atoms with E-state index in [1.807, 2.05) is 25.1 Å². The van der Waals surface area contributed by atoms with Gasteiger partial charge in [0.2, 0.25) is 10.0 Å². The minimum atomic E-state index is -3.24. The molecule has 0 radical (unpaired) electrons. The lowest BCUT2D eigenvalue weighted by Gasteiger charge is -2.32. The highest BCUT2D eigenvalue weighted by molar-refractivity contribution is 7.89. The van der Waals surface area contributed by atoms with Gasteiger partial charge in [-0.2, -0.15) is 0 Å². The Morgan fingerprint density at radius 1 is 1.26 bits per heavy atom. The Labute approximate surface area is 195 Å². The molecule has 0 heterocycles. The van der Waals surface area contributed by atoms with Crippen LogP contribution in [0.2, 0.25) is 5.02 Å². The van der Waals surface area contributed by atoms with Gasteiger partial charge in [0.15, 0.2) is 0 Å². The second-order valence-corrected chi connectivity index (χ2v) is 10.0. The first-order valence-electron chi connectivity index (χ1n) is 10.2. The summed E-state index contributed by atoms with van der Waals surface area (Å²) in [6.45, 7) is 2.28. The third-order valence-corrected chi connectivity index (χ3v) is 7.27. The zero-order chi connectivity index (χ0) is 21.7. The van der Waals surface area contributed by atoms with Gasteiger partial charge in [0.1, 0.15) is 18.2 Å². The summed E-state index contributed by atoms with van der Waals surface area (Å²) in [5.41, 5.74) is 9.72. The molecule has 172 valence electrons. The van der Waals surface area contributed by atoms with E-state index in [4.69, 9.17) is 22.1 Å². The van der Waals surface area contributed by atoms with Crippen molar-refractivity contribution >= 4 is 34.0 Å². The Kier molecular flexibility index (Phi) is 9.58. The van der Waals surface area contributed by atoms with Gasteiger partial charge in [-0.3, -0.25) is 0 Å². The summed E-state index contributed by atoms with van der Waals surface area (Å²) in [6.07, 6.45) is 3.01. The van der Waals surface area contributed by atoms with Crippen molar-refractivity contribution in [2.24, 2.45) is 5.73 Å². The monoisotopic (exact) mass is 490 g/mol. The minimum Gasteiger partial charge on any atom is -0.492 e. The summed E-state index contributed by atoms with van der Waals surface area (Å²) in [5.74, 6) is 0.430. The van der Waals surface area contributed by atoms with Gasteiger partial charge in [-0.15, -0.1) is 12.4 Å². The molecule has 2 aromatic rings. The molecule has 2 atom stereocenters. The number of hydrogen-bond acceptors (Lipinski definition) is 4. The number of nitrogens with two attached hydrogens (primary N) is 1. The number of hydrogen-bond donors (Lipinski definition) is 2. The van der Waals surface area contributed by atoms with E-state index in [1.165, 1.54) is 11.6 Å². The van der Waals surface area contributed by atoms with Gasteiger partial charge in [-0.1, -0.05) is 30.7 Å². The van der Waals surface area contributed by atoms with Crippen molar-refractivity contribution in [2.45, 2.75) is 44.6 Å². The molecule has 5 nitrogen and oxygen atoms in total. The van der Waals surface area contributed by atoms with Crippen molar-refractivity contribution in [1.82, 2.24) is 4.72 Å². The quantitative estimate of drug-likeness (QED) is 0.515. The van der Waals surface area contributed by atoms with Crippen LogP contribution >= 0.6 is 24.0 Å². The van der Waals surface area contributed by atoms with E-state index in [0.29, 0.717) is 18.6 Å². The molecule has 0 spiro atoms. The molecule has 31 heavy (non-hydrogen) atoms. The molecule has 2 unspecified atom stereocenters. The first kappa shape index (κ1) is 25.9. The highest BCUT2D eigenvalue weighted by Gasteiger charge is 2.28. The molecular formula is C22H29Cl2FN2O3S. The van der Waals surface area contributed by atoms with Crippen LogP contribution in [0.25, 0.3) is 0 Å². The van der Waals surface area contributed by atoms with Crippen molar-refractivity contribution < 1.29 is 17.5 Å². The number of halogens is 3. The highest BCUT2D eigenvalue weighted by Crippen LogP contribution is 2.36. The zero-order valence-corrected chi connectivity index (χ0v) is 19.8. The van der Waals surface area contributed by atoms with Gasteiger partial charge in [0.25, 0.3) is 0 Å². The van der Waals surface area contributed by atoms with E-state index in [9.17, 15) is 12.8 Å². The predicted octanol–water partition coefficient (Wildman–Crippen LogP) is 4.21. The summed E-state index contributed by atoms with van der Waals surface area (Å²) in [6, 6.07) is 10.7. The first-order chi connectivity index (χ1) is 14.3. The summed E-state index contributed by atoms with van der Waals surface area (Å²) < 4.78 is 45.2. The van der Waals surface area contributed by atoms with Crippen molar-refractivity contribution in [3.8, 4) is 5.75 Å². The van der Waals surface area contributed by atoms with Crippen LogP contribution in [0.3, 0.4) is 0 Å². The number of aryl methyl sites for hydroxylation is 1. The molecule has 3 N–H and O–H groups in total. The highest BCUT2D eigenvalue weighted by atomic mass is 35.5. The molecule has 2 aromatic carbocycles. The van der Waals surface area contributed by atoms with Crippen LogP contribution in [-0.2, 0) is 22.9 Å². The Morgan fingerprint density at radius 2 is 2.03 bits per heavy atom. The molecule has 9 heteroatoms. The largest absolute Gasteiger partial charge is 0.492 e. The van der Waals surface area contributed by atoms with E-state index in [1.54, 1.807) is 12.1 Å². The lowest BCUT2D eigenvalue weighted by atomic mass is 9.76. The summed E-state index contributed by atoms with van der Waals surface area (Å²) in [5, 5.41) is 0.111. The van der Waals surface area contributed by atoms with Crippen LogP contribution < -0.4 is 15.2 Å². The molecule has 3 rings (SSSR count). The number of nitrogens with one attached hydrogen (secondary N) is 1. The van der Waals surface area contributed by atoms with Crippen LogP contribution in [0.1, 0.15) is 42.4 Å². The molecule has 1 aliphatic carbocycles. The van der Waals surface area contributed by atoms with E-state index in [0.717, 1.165) is 24.0 Å². The maximum absolute atomic E-state index is 13.5. The van der Waals surface area contributed by atoms with Crippen LogP contribution in [0, 0.1) is 5.82 Å². The van der Waals surface area contributed by atoms with E-state index >= 15 is 0 Å². The third-order valence-electron chi connectivity index (χ3n) is 5.39. The number of sulfonamides is 1. The van der Waals surface area contributed by atoms with Crippen molar-refractivity contribution in [3.05, 3.63) is 63.9 Å². The average molecular weight is 491 g/mol. The first-order valence-corrected chi connectivity index (χ1v) is 12.2. The van der Waals surface area contributed by atoms with Gasteiger partial charge < -0.3 is 10.5 Å². The van der Waals surface area contributed by atoms with Crippen LogP contribution in [0.15, 0.2) is 36.4 Å². The molecule has 0 aromatic heterocycles. The van der Waals surface area contributed by atoms with Crippen LogP contribution in [-0.4, -0.2) is 33.4 Å². The second kappa shape index (κ2) is 11.5. The van der Waals surface area contributed by atoms with Crippen molar-refractivity contribution in [2.75, 3.05) is 18.9 Å². The van der Waals surface area contributed by atoms with E-state index in [2.05, 4.69) is 4.72 Å². The lowest BCUT2D eigenvalue weighted by molar-refractivity contribution is 0.321. The Hall–Kier alpha value is -1.38. The van der Waals surface area contributed by atoms with Gasteiger partial charge in [-0.25, -0.2) is 17.5 Å². The molecular weight excluding hydrogens is 462 g/mol. The van der Waals surface area contributed by atoms with Crippen LogP contribution in [0.4, 0.5) is 4.39 Å². The molecule has 0 saturated carbocycles. The van der Waals surface area contributed by atoms with Gasteiger partial charge in [0.05, 0.1) is 10.8 Å². The molecule has 0 saturated heterocycles. The Morgan fingerprint density at radius 3 is 2.74 bits per heavy atom. The normalized spacial score (nSPS) is 18.2. The minimum absolute atomic E-state index is 0. The van der Waals surface area contributed by atoms with E-state index in [-0.39, 0.29) is 48.3 Å². The standard InChI is InChI=1S/C22H28ClFN2O3S.ClH/c1-2-11-30(27,28)26-9-10-29-17-6-4-16-5-8-22(25)19(18(16)14-17)12-15-3-7-21(24)20(23)13-15;/h3-4,6-7,13-14,19,22,26H,2,5,8-12,25H2,1H3;1H. The molecule has 0 amide bonds. The molecule has 0 aliphatic heterocycles. The Balaban J connectivity index is 0.00000341. The third kappa shape index (κ3) is 7.05. The molecule has 0 fully saturated rings. The SMILES string of the molecule is CCCS(=O)(=O)NCCOc1ccc2c(c1)C(Cc1ccc(F)c(Cl)c1)C(N)CC2.Cl. The fourth-order valence-corrected chi connectivity index (χ4v) is 5.16. The Bertz CT molecular complexity index is 989. The summed E-state index contributed by atoms with van der Waals surface area (Å²) in [7, 11) is -3.24. The van der Waals surface area contributed by atoms with Gasteiger partial charge in [-0.05, 0) is 66.6 Å². The summed E-state index contributed by atoms with van der Waals surface area (Å²) >= 11 is 5.94. The molecule has 0 bridgehead atoms. The molecule has 1 aliphatic rings. The smallest absolute Gasteiger partial charge is 0.211 e. The van der Waals surface area contributed by atoms with Crippen LogP contribution in [0.5, 0.6) is 5.75 Å². The maximum atomic E-state index is 13.5. The van der Waals surface area contributed by atoms with Gasteiger partial charge in [0, 0.05) is 18.5 Å². The zero-order valence-electron chi connectivity index (χ0n) is 17.4. The number of ether oxygens (including phenoxy) is 1. The second-order valence-electron chi connectivity index (χ2n) is 7.68. The maximum Gasteiger partial charge on any atom is 0.211 e. The van der Waals surface area contributed by atoms with Crippen molar-refractivity contribution in [1.29, 1.82) is 0 Å². The number of fused-ring (bicyclic) bond motifs is 1. The summed E-state index contributed by atoms with van der Waals surface area (Å²) in [4.78, 5) is 0. The van der Waals surface area contributed by atoms with E-state index < -0.39 is 15.8 Å². The number of rotatable bonds is 9. The lowest BCUT2D eigenvalue weighted by Crippen LogP contribution is -2.34. The fraction of sp³-hybridized carbons (Fsp3) is 0.455.